The Morgan fingerprint density at radius 1 is 1.53 bits per heavy atom. The van der Waals surface area contributed by atoms with Crippen molar-refractivity contribution in [3.8, 4) is 5.75 Å². The van der Waals surface area contributed by atoms with Crippen LogP contribution in [0.3, 0.4) is 0 Å². The number of hydrogen-bond donors (Lipinski definition) is 2. The van der Waals surface area contributed by atoms with Gasteiger partial charge in [0.25, 0.3) is 0 Å². The fraction of sp³-hybridized carbons (Fsp3) is 0.364. The predicted octanol–water partition coefficient (Wildman–Crippen LogP) is 2.01. The van der Waals surface area contributed by atoms with E-state index in [0.29, 0.717) is 12.4 Å². The fourth-order valence-corrected chi connectivity index (χ4v) is 1.46. The topological polar surface area (TPSA) is 58.1 Å². The number of nitrogens with one attached hydrogen (secondary N) is 1. The largest absolute Gasteiger partial charge is 0.494 e. The number of aromatic nitrogens is 2. The van der Waals surface area contributed by atoms with E-state index in [1.54, 1.807) is 6.92 Å². The monoisotopic (exact) mass is 206 g/mol. The van der Waals surface area contributed by atoms with Crippen LogP contribution in [0.5, 0.6) is 5.75 Å². The molecule has 2 N–H and O–H groups in total. The Morgan fingerprint density at radius 2 is 2.33 bits per heavy atom. The van der Waals surface area contributed by atoms with Gasteiger partial charge in [-0.3, -0.25) is 0 Å². The number of H-pyrrole nitrogens is 1. The highest BCUT2D eigenvalue weighted by molar-refractivity contribution is 5.76. The summed E-state index contributed by atoms with van der Waals surface area (Å²) >= 11 is 0. The zero-order chi connectivity index (χ0) is 10.8. The van der Waals surface area contributed by atoms with Crippen LogP contribution in [-0.4, -0.2) is 21.7 Å². The minimum absolute atomic E-state index is 0.576. The molecule has 0 aliphatic carbocycles. The van der Waals surface area contributed by atoms with E-state index in [-0.39, 0.29) is 0 Å². The molecule has 0 fully saturated rings. The van der Waals surface area contributed by atoms with E-state index >= 15 is 0 Å². The third-order valence-corrected chi connectivity index (χ3v) is 2.18. The summed E-state index contributed by atoms with van der Waals surface area (Å²) in [6, 6.07) is 5.64. The lowest BCUT2D eigenvalue weighted by Gasteiger charge is -2.00. The van der Waals surface area contributed by atoms with Gasteiger partial charge in [-0.15, -0.1) is 0 Å². The van der Waals surface area contributed by atoms with Crippen molar-refractivity contribution in [3.05, 3.63) is 24.0 Å². The highest BCUT2D eigenvalue weighted by Gasteiger charge is 2.07. The first kappa shape index (κ1) is 9.98. The summed E-state index contributed by atoms with van der Waals surface area (Å²) in [6.45, 7) is 4.27. The van der Waals surface area contributed by atoms with Gasteiger partial charge in [0.2, 0.25) is 0 Å². The summed E-state index contributed by atoms with van der Waals surface area (Å²) in [5.41, 5.74) is 1.73. The Balaban J connectivity index is 2.43. The van der Waals surface area contributed by atoms with Crippen LogP contribution in [-0.2, 0) is 0 Å². The molecule has 0 aliphatic rings. The Kier molecular flexibility index (Phi) is 2.60. The Bertz CT molecular complexity index is 463. The van der Waals surface area contributed by atoms with Gasteiger partial charge in [-0.2, -0.15) is 0 Å². The van der Waals surface area contributed by atoms with Crippen LogP contribution in [0.4, 0.5) is 0 Å². The van der Waals surface area contributed by atoms with Crippen molar-refractivity contribution in [3.63, 3.8) is 0 Å². The van der Waals surface area contributed by atoms with Gasteiger partial charge in [0.05, 0.1) is 17.6 Å². The van der Waals surface area contributed by atoms with Crippen molar-refractivity contribution in [2.45, 2.75) is 20.0 Å². The highest BCUT2D eigenvalue weighted by atomic mass is 16.5. The molecule has 0 bridgehead atoms. The first-order valence-electron chi connectivity index (χ1n) is 5.01. The second kappa shape index (κ2) is 3.90. The van der Waals surface area contributed by atoms with E-state index in [2.05, 4.69) is 9.97 Å². The van der Waals surface area contributed by atoms with Crippen LogP contribution in [0.15, 0.2) is 18.2 Å². The van der Waals surface area contributed by atoms with Crippen LogP contribution in [0.25, 0.3) is 11.0 Å². The summed E-state index contributed by atoms with van der Waals surface area (Å²) < 4.78 is 5.37. The van der Waals surface area contributed by atoms with Crippen molar-refractivity contribution >= 4 is 11.0 Å². The lowest BCUT2D eigenvalue weighted by Crippen LogP contribution is -1.92. The number of aliphatic hydroxyl groups is 1. The number of aliphatic hydroxyl groups excluding tert-OH is 1. The summed E-state index contributed by atoms with van der Waals surface area (Å²) in [7, 11) is 0. The van der Waals surface area contributed by atoms with E-state index in [1.807, 2.05) is 25.1 Å². The minimum Gasteiger partial charge on any atom is -0.494 e. The zero-order valence-corrected chi connectivity index (χ0v) is 8.82. The van der Waals surface area contributed by atoms with Crippen molar-refractivity contribution in [2.75, 3.05) is 6.61 Å². The molecule has 0 unspecified atom stereocenters. The number of rotatable bonds is 3. The molecule has 80 valence electrons. The smallest absolute Gasteiger partial charge is 0.135 e. The van der Waals surface area contributed by atoms with Gasteiger partial charge < -0.3 is 14.8 Å². The molecule has 0 saturated carbocycles. The summed E-state index contributed by atoms with van der Waals surface area (Å²) in [5, 5.41) is 9.37. The molecule has 0 aliphatic heterocycles. The van der Waals surface area contributed by atoms with Gasteiger partial charge in [-0.25, -0.2) is 4.98 Å². The Hall–Kier alpha value is -1.55. The minimum atomic E-state index is -0.576. The maximum atomic E-state index is 9.37. The zero-order valence-electron chi connectivity index (χ0n) is 8.82. The van der Waals surface area contributed by atoms with E-state index in [4.69, 9.17) is 4.74 Å². The summed E-state index contributed by atoms with van der Waals surface area (Å²) in [5.74, 6) is 1.39. The molecule has 0 amide bonds. The third kappa shape index (κ3) is 1.94. The van der Waals surface area contributed by atoms with Crippen LogP contribution >= 0.6 is 0 Å². The summed E-state index contributed by atoms with van der Waals surface area (Å²) in [6.07, 6.45) is -0.576. The second-order valence-electron chi connectivity index (χ2n) is 3.41. The van der Waals surface area contributed by atoms with Gasteiger partial charge in [0, 0.05) is 6.07 Å². The lowest BCUT2D eigenvalue weighted by atomic mass is 10.3. The molecule has 1 heterocycles. The fourth-order valence-electron chi connectivity index (χ4n) is 1.46. The summed E-state index contributed by atoms with van der Waals surface area (Å²) in [4.78, 5) is 7.31. The number of benzene rings is 1. The number of ether oxygens (including phenoxy) is 1. The molecule has 1 aromatic heterocycles. The Labute approximate surface area is 87.9 Å². The molecule has 2 rings (SSSR count). The number of fused-ring (bicyclic) bond motifs is 1. The van der Waals surface area contributed by atoms with Crippen LogP contribution in [0.2, 0.25) is 0 Å². The first-order chi connectivity index (χ1) is 7.20. The third-order valence-electron chi connectivity index (χ3n) is 2.18. The van der Waals surface area contributed by atoms with Gasteiger partial charge in [-0.05, 0) is 26.0 Å². The molecule has 0 radical (unpaired) electrons. The molecule has 0 saturated heterocycles. The number of hydrogen-bond acceptors (Lipinski definition) is 3. The van der Waals surface area contributed by atoms with E-state index in [1.165, 1.54) is 0 Å². The number of aromatic amines is 1. The van der Waals surface area contributed by atoms with Gasteiger partial charge in [-0.1, -0.05) is 0 Å². The lowest BCUT2D eigenvalue weighted by molar-refractivity contribution is 0.190. The maximum Gasteiger partial charge on any atom is 0.135 e. The first-order valence-corrected chi connectivity index (χ1v) is 5.01. The maximum absolute atomic E-state index is 9.37. The molecule has 2 aromatic rings. The van der Waals surface area contributed by atoms with Crippen molar-refractivity contribution in [1.82, 2.24) is 9.97 Å². The number of imidazole rings is 1. The molecule has 1 aromatic carbocycles. The standard InChI is InChI=1S/C11H14N2O2/c1-3-15-8-4-5-9-10(6-8)13-11(12-9)7(2)14/h4-7,14H,3H2,1-2H3,(H,12,13)/t7-/m0/s1. The average Bonchev–Trinajstić information content (AvgIpc) is 2.61. The van der Waals surface area contributed by atoms with Gasteiger partial charge >= 0.3 is 0 Å². The molecule has 0 spiro atoms. The number of nitrogens with zero attached hydrogens (tertiary/aromatic N) is 1. The van der Waals surface area contributed by atoms with Crippen molar-refractivity contribution in [1.29, 1.82) is 0 Å². The van der Waals surface area contributed by atoms with Gasteiger partial charge in [0.15, 0.2) is 0 Å². The second-order valence-corrected chi connectivity index (χ2v) is 3.41. The molecular weight excluding hydrogens is 192 g/mol. The molecule has 4 nitrogen and oxygen atoms in total. The molecule has 15 heavy (non-hydrogen) atoms. The quantitative estimate of drug-likeness (QED) is 0.807. The SMILES string of the molecule is CCOc1ccc2nc([C@H](C)O)[nH]c2c1. The van der Waals surface area contributed by atoms with Crippen molar-refractivity contribution < 1.29 is 9.84 Å². The van der Waals surface area contributed by atoms with Crippen LogP contribution < -0.4 is 4.74 Å². The average molecular weight is 206 g/mol. The van der Waals surface area contributed by atoms with Gasteiger partial charge in [0.1, 0.15) is 17.7 Å². The van der Waals surface area contributed by atoms with E-state index in [9.17, 15) is 5.11 Å². The Morgan fingerprint density at radius 3 is 3.00 bits per heavy atom. The van der Waals surface area contributed by atoms with E-state index in [0.717, 1.165) is 16.8 Å². The van der Waals surface area contributed by atoms with Crippen LogP contribution in [0, 0.1) is 0 Å². The predicted molar refractivity (Wildman–Crippen MR) is 57.9 cm³/mol. The normalized spacial score (nSPS) is 13.0. The van der Waals surface area contributed by atoms with Crippen molar-refractivity contribution in [2.24, 2.45) is 0 Å². The molecule has 4 heteroatoms. The van der Waals surface area contributed by atoms with E-state index < -0.39 is 6.10 Å². The van der Waals surface area contributed by atoms with Crippen LogP contribution in [0.1, 0.15) is 25.8 Å². The highest BCUT2D eigenvalue weighted by Crippen LogP contribution is 2.20. The molecule has 1 atom stereocenters. The molecular formula is C11H14N2O2.